The number of nitrogens with zero attached hydrogens (tertiary/aromatic N) is 3. The van der Waals surface area contributed by atoms with Crippen molar-refractivity contribution < 1.29 is 46.6 Å². The molecule has 3 aliphatic rings. The summed E-state index contributed by atoms with van der Waals surface area (Å²) in [7, 11) is -0.974. The third-order valence-electron chi connectivity index (χ3n) is 9.31. The molecule has 2 heterocycles. The van der Waals surface area contributed by atoms with Crippen LogP contribution in [0.1, 0.15) is 46.5 Å². The summed E-state index contributed by atoms with van der Waals surface area (Å²) in [5.41, 5.74) is -2.53. The van der Waals surface area contributed by atoms with Crippen LogP contribution in [-0.4, -0.2) is 115 Å². The van der Waals surface area contributed by atoms with Crippen molar-refractivity contribution in [3.05, 3.63) is 55.8 Å². The Morgan fingerprint density at radius 3 is 2.47 bits per heavy atom. The van der Waals surface area contributed by atoms with Crippen molar-refractivity contribution in [3.63, 3.8) is 0 Å². The number of nitrogens with one attached hydrogen (secondary N) is 3. The number of pyridine rings is 1. The molecule has 0 radical (unpaired) electrons. The summed E-state index contributed by atoms with van der Waals surface area (Å²) in [5.74, 6) is -2.64. The van der Waals surface area contributed by atoms with E-state index < -0.39 is 80.2 Å². The molecule has 286 valence electrons. The number of benzene rings is 1. The minimum atomic E-state index is -3.94. The van der Waals surface area contributed by atoms with Crippen LogP contribution in [0.5, 0.6) is 11.6 Å². The lowest BCUT2D eigenvalue weighted by Gasteiger charge is -2.31. The van der Waals surface area contributed by atoms with E-state index in [1.54, 1.807) is 58.3 Å². The van der Waals surface area contributed by atoms with Crippen LogP contribution in [0.15, 0.2) is 55.8 Å². The SMILES string of the molecule is C=CC(=O)N(C)C[C@@H](NC(=O)OC(C)(C)C)C(=O)N1C[C@H](Oc2nccc3cc(OC)ccc23)C[C@H]1C(=O)N[C@]1(C(=O)NS(=O)(=O)C2CC2)C[C@H]1C=C. The second kappa shape index (κ2) is 15.0. The van der Waals surface area contributed by atoms with Crippen LogP contribution in [0.4, 0.5) is 4.79 Å². The Morgan fingerprint density at radius 2 is 1.87 bits per heavy atom. The molecule has 2 saturated carbocycles. The maximum Gasteiger partial charge on any atom is 0.408 e. The summed E-state index contributed by atoms with van der Waals surface area (Å²) in [6.07, 6.45) is 3.21. The Kier molecular flexibility index (Phi) is 11.1. The third kappa shape index (κ3) is 8.89. The molecule has 1 aliphatic heterocycles. The van der Waals surface area contributed by atoms with Crippen LogP contribution in [0.2, 0.25) is 0 Å². The number of fused-ring (bicyclic) bond motifs is 1. The number of hydrogen-bond donors (Lipinski definition) is 3. The molecule has 16 nitrogen and oxygen atoms in total. The van der Waals surface area contributed by atoms with Gasteiger partial charge in [-0.25, -0.2) is 18.2 Å². The molecule has 0 spiro atoms. The molecule has 17 heteroatoms. The van der Waals surface area contributed by atoms with Gasteiger partial charge in [-0.15, -0.1) is 6.58 Å². The Labute approximate surface area is 308 Å². The van der Waals surface area contributed by atoms with E-state index in [-0.39, 0.29) is 31.8 Å². The van der Waals surface area contributed by atoms with Crippen LogP contribution in [0.3, 0.4) is 0 Å². The Bertz CT molecular complexity index is 1930. The number of sulfonamides is 1. The summed E-state index contributed by atoms with van der Waals surface area (Å²) in [5, 5.41) is 6.00. The number of rotatable bonds is 14. The zero-order chi connectivity index (χ0) is 38.9. The lowest BCUT2D eigenvalue weighted by molar-refractivity contribution is -0.141. The number of methoxy groups -OCH3 is 1. The number of likely N-dealkylation sites (tertiary alicyclic amines) is 1. The molecule has 3 N–H and O–H groups in total. The summed E-state index contributed by atoms with van der Waals surface area (Å²) >= 11 is 0. The lowest BCUT2D eigenvalue weighted by atomic mass is 10.1. The minimum Gasteiger partial charge on any atom is -0.497 e. The molecular weight excluding hydrogens is 708 g/mol. The fourth-order valence-corrected chi connectivity index (χ4v) is 7.62. The number of carbonyl (C=O) groups excluding carboxylic acids is 5. The van der Waals surface area contributed by atoms with E-state index in [0.29, 0.717) is 24.0 Å². The van der Waals surface area contributed by atoms with Gasteiger partial charge in [0.05, 0.1) is 25.4 Å². The fraction of sp³-hybridized carbons (Fsp3) is 0.500. The highest BCUT2D eigenvalue weighted by molar-refractivity contribution is 7.91. The normalized spacial score (nSPS) is 22.9. The standard InChI is InChI=1S/C36H46N6O10S/c1-8-22-18-36(22,33(46)40-53(48,49)25-11-12-25)39-30(44)28-17-24(51-31-26-13-10-23(50-7)16-21(26)14-15-37-31)19-42(28)32(45)27(20-41(6)29(43)9-2)38-34(47)52-35(3,4)5/h8-10,13-16,22,24-25,27-28H,1-2,11-12,17-20H2,3-7H3,(H,38,47)(H,39,44)(H,40,46)/t22-,24-,27-,28+,36-/m1/s1. The second-order valence-corrected chi connectivity index (χ2v) is 16.5. The molecule has 2 aromatic rings. The number of amides is 5. The zero-order valence-corrected chi connectivity index (χ0v) is 31.2. The number of aromatic nitrogens is 1. The first-order chi connectivity index (χ1) is 24.9. The van der Waals surface area contributed by atoms with E-state index in [1.807, 2.05) is 0 Å². The summed E-state index contributed by atoms with van der Waals surface area (Å²) < 4.78 is 44.5. The molecular formula is C36H46N6O10S. The van der Waals surface area contributed by atoms with Gasteiger partial charge in [-0.2, -0.15) is 0 Å². The van der Waals surface area contributed by atoms with Crippen molar-refractivity contribution in [2.75, 3.05) is 27.2 Å². The van der Waals surface area contributed by atoms with Gasteiger partial charge in [-0.1, -0.05) is 12.7 Å². The first-order valence-corrected chi connectivity index (χ1v) is 18.7. The van der Waals surface area contributed by atoms with Crippen molar-refractivity contribution in [2.45, 2.75) is 81.0 Å². The van der Waals surface area contributed by atoms with Gasteiger partial charge in [0.15, 0.2) is 0 Å². The van der Waals surface area contributed by atoms with Gasteiger partial charge in [-0.3, -0.25) is 23.9 Å². The molecule has 3 fully saturated rings. The number of ether oxygens (including phenoxy) is 3. The maximum atomic E-state index is 14.4. The average Bonchev–Trinajstić information content (AvgIpc) is 4.03. The van der Waals surface area contributed by atoms with E-state index in [1.165, 1.54) is 22.9 Å². The van der Waals surface area contributed by atoms with Crippen LogP contribution in [0.25, 0.3) is 10.8 Å². The van der Waals surface area contributed by atoms with Gasteiger partial charge >= 0.3 is 6.09 Å². The van der Waals surface area contributed by atoms with Gasteiger partial charge < -0.3 is 34.6 Å². The topological polar surface area (TPSA) is 203 Å². The molecule has 5 amide bonds. The Balaban J connectivity index is 1.46. The van der Waals surface area contributed by atoms with Gasteiger partial charge in [0.1, 0.15) is 35.1 Å². The predicted molar refractivity (Wildman–Crippen MR) is 193 cm³/mol. The third-order valence-corrected chi connectivity index (χ3v) is 11.1. The fourth-order valence-electron chi connectivity index (χ4n) is 6.26. The number of carbonyl (C=O) groups is 5. The van der Waals surface area contributed by atoms with Gasteiger partial charge in [0.25, 0.3) is 5.91 Å². The first-order valence-electron chi connectivity index (χ1n) is 17.2. The highest BCUT2D eigenvalue weighted by Gasteiger charge is 2.62. The summed E-state index contributed by atoms with van der Waals surface area (Å²) in [6, 6.07) is 4.44. The van der Waals surface area contributed by atoms with Crippen LogP contribution >= 0.6 is 0 Å². The van der Waals surface area contributed by atoms with E-state index in [4.69, 9.17) is 14.2 Å². The van der Waals surface area contributed by atoms with Crippen LogP contribution < -0.4 is 24.8 Å². The van der Waals surface area contributed by atoms with E-state index in [9.17, 15) is 32.4 Å². The van der Waals surface area contributed by atoms with Crippen LogP contribution in [-0.2, 0) is 33.9 Å². The monoisotopic (exact) mass is 754 g/mol. The predicted octanol–water partition coefficient (Wildman–Crippen LogP) is 1.80. The van der Waals surface area contributed by atoms with E-state index in [2.05, 4.69) is 33.5 Å². The molecule has 53 heavy (non-hydrogen) atoms. The minimum absolute atomic E-state index is 0.0663. The second-order valence-electron chi connectivity index (χ2n) is 14.5. The van der Waals surface area contributed by atoms with Gasteiger partial charge in [-0.05, 0) is 75.8 Å². The first kappa shape index (κ1) is 39.0. The summed E-state index contributed by atoms with van der Waals surface area (Å²) in [6.45, 7) is 11.7. The number of alkyl carbamates (subject to hydrolysis) is 1. The highest BCUT2D eigenvalue weighted by atomic mass is 32.2. The smallest absolute Gasteiger partial charge is 0.408 e. The molecule has 5 rings (SSSR count). The lowest BCUT2D eigenvalue weighted by Crippen LogP contribution is -2.60. The molecule has 1 aromatic heterocycles. The quantitative estimate of drug-likeness (QED) is 0.188. The maximum absolute atomic E-state index is 14.4. The average molecular weight is 755 g/mol. The Hall–Kier alpha value is -5.19. The van der Waals surface area contributed by atoms with Crippen molar-refractivity contribution in [2.24, 2.45) is 5.92 Å². The molecule has 1 saturated heterocycles. The Morgan fingerprint density at radius 1 is 1.15 bits per heavy atom. The molecule has 5 atom stereocenters. The summed E-state index contributed by atoms with van der Waals surface area (Å²) in [4.78, 5) is 74.3. The van der Waals surface area contributed by atoms with Crippen molar-refractivity contribution in [3.8, 4) is 11.6 Å². The van der Waals surface area contributed by atoms with Gasteiger partial charge in [0.2, 0.25) is 33.6 Å². The van der Waals surface area contributed by atoms with Gasteiger partial charge in [0, 0.05) is 31.0 Å². The molecule has 0 bridgehead atoms. The zero-order valence-electron chi connectivity index (χ0n) is 30.4. The highest BCUT2D eigenvalue weighted by Crippen LogP contribution is 2.45. The van der Waals surface area contributed by atoms with Crippen molar-refractivity contribution in [1.29, 1.82) is 0 Å². The molecule has 0 unspecified atom stereocenters. The van der Waals surface area contributed by atoms with Crippen molar-refractivity contribution >= 4 is 50.5 Å². The van der Waals surface area contributed by atoms with E-state index >= 15 is 0 Å². The largest absolute Gasteiger partial charge is 0.497 e. The van der Waals surface area contributed by atoms with E-state index in [0.717, 1.165) is 11.5 Å². The number of hydrogen-bond acceptors (Lipinski definition) is 11. The number of likely N-dealkylation sites (N-methyl/N-ethyl adjacent to an activating group) is 1. The van der Waals surface area contributed by atoms with Crippen molar-refractivity contribution in [1.82, 2.24) is 30.1 Å². The molecule has 2 aliphatic carbocycles. The van der Waals surface area contributed by atoms with Crippen LogP contribution in [0, 0.1) is 5.92 Å². The molecule has 1 aromatic carbocycles.